The van der Waals surface area contributed by atoms with Crippen molar-refractivity contribution in [3.8, 4) is 5.75 Å². The van der Waals surface area contributed by atoms with Crippen LogP contribution in [0.4, 0.5) is 5.69 Å². The Morgan fingerprint density at radius 2 is 2.00 bits per heavy atom. The second-order valence-electron chi connectivity index (χ2n) is 5.71. The van der Waals surface area contributed by atoms with Crippen molar-refractivity contribution in [2.45, 2.75) is 12.8 Å². The zero-order valence-electron chi connectivity index (χ0n) is 12.6. The van der Waals surface area contributed by atoms with Gasteiger partial charge >= 0.3 is 0 Å². The van der Waals surface area contributed by atoms with Crippen molar-refractivity contribution in [3.05, 3.63) is 57.3 Å². The van der Waals surface area contributed by atoms with E-state index in [4.69, 9.17) is 38.1 Å². The van der Waals surface area contributed by atoms with Gasteiger partial charge in [-0.15, -0.1) is 0 Å². The van der Waals surface area contributed by atoms with Crippen LogP contribution in [0.25, 0.3) is 11.0 Å². The number of anilines is 1. The first-order valence-corrected chi connectivity index (χ1v) is 8.27. The van der Waals surface area contributed by atoms with Crippen LogP contribution in [0.3, 0.4) is 0 Å². The van der Waals surface area contributed by atoms with E-state index in [0.717, 1.165) is 24.2 Å². The molecule has 6 heteroatoms. The fourth-order valence-electron chi connectivity index (χ4n) is 2.93. The van der Waals surface area contributed by atoms with E-state index in [9.17, 15) is 4.79 Å². The van der Waals surface area contributed by atoms with E-state index in [2.05, 4.69) is 0 Å². The predicted octanol–water partition coefficient (Wildman–Crippen LogP) is 4.88. The maximum atomic E-state index is 12.8. The Morgan fingerprint density at radius 3 is 2.79 bits per heavy atom. The van der Waals surface area contributed by atoms with Gasteiger partial charge in [0, 0.05) is 22.0 Å². The third kappa shape index (κ3) is 2.43. The van der Waals surface area contributed by atoms with E-state index in [-0.39, 0.29) is 16.6 Å². The Kier molecular flexibility index (Phi) is 3.66. The molecule has 0 aliphatic carbocycles. The number of aryl methyl sites for hydroxylation is 1. The summed E-state index contributed by atoms with van der Waals surface area (Å²) in [7, 11) is 0. The van der Waals surface area contributed by atoms with E-state index in [0.29, 0.717) is 33.8 Å². The number of halogens is 2. The van der Waals surface area contributed by atoms with Gasteiger partial charge in [0.15, 0.2) is 5.76 Å². The highest BCUT2D eigenvalue weighted by atomic mass is 35.5. The van der Waals surface area contributed by atoms with Crippen LogP contribution in [-0.4, -0.2) is 12.4 Å². The molecule has 0 bridgehead atoms. The molecule has 2 heterocycles. The molecule has 0 saturated heterocycles. The fraction of sp³-hybridized carbons (Fsp3) is 0.167. The second-order valence-corrected chi connectivity index (χ2v) is 6.55. The van der Waals surface area contributed by atoms with Gasteiger partial charge in [-0.25, -0.2) is 0 Å². The molecule has 4 nitrogen and oxygen atoms in total. The van der Waals surface area contributed by atoms with Gasteiger partial charge in [-0.1, -0.05) is 23.2 Å². The Hall–Kier alpha value is -2.17. The zero-order chi connectivity index (χ0) is 16.8. The number of fused-ring (bicyclic) bond motifs is 2. The van der Waals surface area contributed by atoms with Gasteiger partial charge in [0.1, 0.15) is 11.3 Å². The highest BCUT2D eigenvalue weighted by molar-refractivity contribution is 6.37. The minimum Gasteiger partial charge on any atom is -0.493 e. The molecule has 24 heavy (non-hydrogen) atoms. The SMILES string of the molecule is Nc1c(C(=O)c2ccc(Cl)cc2Cl)oc2cc3c(cc12)CCCO3. The van der Waals surface area contributed by atoms with Crippen LogP contribution >= 0.6 is 23.2 Å². The molecular formula is C18H13Cl2NO3. The van der Waals surface area contributed by atoms with E-state index < -0.39 is 0 Å². The Labute approximate surface area is 148 Å². The van der Waals surface area contributed by atoms with E-state index in [1.54, 1.807) is 18.2 Å². The number of carbonyl (C=O) groups excluding carboxylic acids is 1. The molecule has 0 amide bonds. The first kappa shape index (κ1) is 15.4. The number of carbonyl (C=O) groups is 1. The molecule has 0 spiro atoms. The Balaban J connectivity index is 1.84. The normalized spacial score (nSPS) is 13.6. The molecule has 0 fully saturated rings. The van der Waals surface area contributed by atoms with Crippen molar-refractivity contribution in [1.82, 2.24) is 0 Å². The largest absolute Gasteiger partial charge is 0.493 e. The molecule has 0 atom stereocenters. The molecular weight excluding hydrogens is 349 g/mol. The van der Waals surface area contributed by atoms with Crippen LogP contribution in [0.1, 0.15) is 28.1 Å². The summed E-state index contributed by atoms with van der Waals surface area (Å²) in [4.78, 5) is 12.8. The number of hydrogen-bond donors (Lipinski definition) is 1. The van der Waals surface area contributed by atoms with Crippen LogP contribution in [0, 0.1) is 0 Å². The van der Waals surface area contributed by atoms with E-state index in [1.807, 2.05) is 6.07 Å². The molecule has 2 aromatic carbocycles. The number of rotatable bonds is 2. The van der Waals surface area contributed by atoms with Gasteiger partial charge < -0.3 is 14.9 Å². The smallest absolute Gasteiger partial charge is 0.231 e. The molecule has 2 N–H and O–H groups in total. The molecule has 1 aliphatic rings. The minimum atomic E-state index is -0.371. The molecule has 0 saturated carbocycles. The van der Waals surface area contributed by atoms with Crippen molar-refractivity contribution in [1.29, 1.82) is 0 Å². The monoisotopic (exact) mass is 361 g/mol. The lowest BCUT2D eigenvalue weighted by atomic mass is 10.0. The average molecular weight is 362 g/mol. The van der Waals surface area contributed by atoms with Crippen LogP contribution < -0.4 is 10.5 Å². The summed E-state index contributed by atoms with van der Waals surface area (Å²) in [6.07, 6.45) is 1.88. The van der Waals surface area contributed by atoms with Crippen molar-refractivity contribution < 1.29 is 13.9 Å². The fourth-order valence-corrected chi connectivity index (χ4v) is 3.42. The number of nitrogens with two attached hydrogens (primary N) is 1. The van der Waals surface area contributed by atoms with Gasteiger partial charge in [-0.05, 0) is 42.7 Å². The highest BCUT2D eigenvalue weighted by Crippen LogP contribution is 2.37. The summed E-state index contributed by atoms with van der Waals surface area (Å²) in [5, 5.41) is 1.43. The third-order valence-corrected chi connectivity index (χ3v) is 4.69. The number of hydrogen-bond acceptors (Lipinski definition) is 4. The lowest BCUT2D eigenvalue weighted by Gasteiger charge is -2.16. The topological polar surface area (TPSA) is 65.5 Å². The van der Waals surface area contributed by atoms with Gasteiger partial charge in [-0.2, -0.15) is 0 Å². The third-order valence-electron chi connectivity index (χ3n) is 4.14. The lowest BCUT2D eigenvalue weighted by molar-refractivity contribution is 0.101. The lowest BCUT2D eigenvalue weighted by Crippen LogP contribution is -2.07. The first-order chi connectivity index (χ1) is 11.5. The number of nitrogen functional groups attached to an aromatic ring is 1. The summed E-state index contributed by atoms with van der Waals surface area (Å²) in [5.41, 5.74) is 8.38. The summed E-state index contributed by atoms with van der Waals surface area (Å²) in [6, 6.07) is 8.41. The number of ketones is 1. The summed E-state index contributed by atoms with van der Waals surface area (Å²) in [6.45, 7) is 0.681. The maximum absolute atomic E-state index is 12.8. The van der Waals surface area contributed by atoms with Crippen molar-refractivity contribution >= 4 is 45.6 Å². The van der Waals surface area contributed by atoms with Crippen LogP contribution in [0.2, 0.25) is 10.0 Å². The second kappa shape index (κ2) is 5.72. The molecule has 0 radical (unpaired) electrons. The van der Waals surface area contributed by atoms with Crippen molar-refractivity contribution in [3.63, 3.8) is 0 Å². The van der Waals surface area contributed by atoms with Gasteiger partial charge in [0.2, 0.25) is 5.78 Å². The van der Waals surface area contributed by atoms with Crippen LogP contribution in [-0.2, 0) is 6.42 Å². The minimum absolute atomic E-state index is 0.0802. The molecule has 1 aromatic heterocycles. The quantitative estimate of drug-likeness (QED) is 0.660. The number of benzene rings is 2. The van der Waals surface area contributed by atoms with Crippen molar-refractivity contribution in [2.24, 2.45) is 0 Å². The Morgan fingerprint density at radius 1 is 1.17 bits per heavy atom. The highest BCUT2D eigenvalue weighted by Gasteiger charge is 2.24. The maximum Gasteiger partial charge on any atom is 0.231 e. The average Bonchev–Trinajstić information content (AvgIpc) is 2.88. The van der Waals surface area contributed by atoms with Gasteiger partial charge in [-0.3, -0.25) is 4.79 Å². The zero-order valence-corrected chi connectivity index (χ0v) is 14.1. The summed E-state index contributed by atoms with van der Waals surface area (Å²) >= 11 is 12.0. The van der Waals surface area contributed by atoms with Gasteiger partial charge in [0.25, 0.3) is 0 Å². The Bertz CT molecular complexity index is 978. The van der Waals surface area contributed by atoms with Gasteiger partial charge in [0.05, 0.1) is 17.3 Å². The van der Waals surface area contributed by atoms with Crippen molar-refractivity contribution in [2.75, 3.05) is 12.3 Å². The van der Waals surface area contributed by atoms with Crippen LogP contribution in [0.5, 0.6) is 5.75 Å². The van der Waals surface area contributed by atoms with Crippen LogP contribution in [0.15, 0.2) is 34.7 Å². The molecule has 0 unspecified atom stereocenters. The van der Waals surface area contributed by atoms with E-state index in [1.165, 1.54) is 6.07 Å². The van der Waals surface area contributed by atoms with E-state index >= 15 is 0 Å². The molecule has 122 valence electrons. The molecule has 4 rings (SSSR count). The number of ether oxygens (including phenoxy) is 1. The predicted molar refractivity (Wildman–Crippen MR) is 94.3 cm³/mol. The number of furan rings is 1. The summed E-state index contributed by atoms with van der Waals surface area (Å²) in [5.74, 6) is 0.492. The molecule has 1 aliphatic heterocycles. The summed E-state index contributed by atoms with van der Waals surface area (Å²) < 4.78 is 11.4. The first-order valence-electron chi connectivity index (χ1n) is 7.52. The standard InChI is InChI=1S/C18H13Cl2NO3/c19-10-3-4-11(13(20)7-10)17(22)18-16(21)12-6-9-2-1-5-23-14(9)8-15(12)24-18/h3-4,6-8H,1-2,5,21H2. The molecule has 3 aromatic rings.